The van der Waals surface area contributed by atoms with Crippen LogP contribution < -0.4 is 0 Å². The summed E-state index contributed by atoms with van der Waals surface area (Å²) in [5, 5.41) is 0. The Balaban J connectivity index is 2.12. The summed E-state index contributed by atoms with van der Waals surface area (Å²) in [7, 11) is 0. The molecule has 0 aliphatic carbocycles. The fraction of sp³-hybridized carbons (Fsp3) is 0.208. The predicted octanol–water partition coefficient (Wildman–Crippen LogP) is 4.58. The van der Waals surface area contributed by atoms with Gasteiger partial charge in [-0.25, -0.2) is 9.59 Å². The second kappa shape index (κ2) is 10.2. The Kier molecular flexibility index (Phi) is 7.41. The van der Waals surface area contributed by atoms with Crippen LogP contribution in [-0.2, 0) is 19.1 Å². The number of hydrogen-bond donors (Lipinski definition) is 0. The number of carbonyl (C=O) groups is 3. The van der Waals surface area contributed by atoms with Gasteiger partial charge in [0.1, 0.15) is 0 Å². The van der Waals surface area contributed by atoms with E-state index in [9.17, 15) is 14.4 Å². The van der Waals surface area contributed by atoms with Crippen molar-refractivity contribution >= 4 is 33.8 Å². The standard InChI is InChI=1S/C24H22BrNO5/c1-3-30-23(28)19-14-26(22(27)17-10-12-18(25)13-11-17)15-20(24(29)31-4-2)21(19)16-8-6-5-7-9-16/h5-15,21H,3-4H2,1-2H3. The van der Waals surface area contributed by atoms with E-state index in [0.717, 1.165) is 10.0 Å². The zero-order valence-electron chi connectivity index (χ0n) is 17.2. The summed E-state index contributed by atoms with van der Waals surface area (Å²) in [4.78, 5) is 40.0. The van der Waals surface area contributed by atoms with Crippen LogP contribution >= 0.6 is 15.9 Å². The lowest BCUT2D eigenvalue weighted by Crippen LogP contribution is -2.32. The maximum Gasteiger partial charge on any atom is 0.336 e. The van der Waals surface area contributed by atoms with E-state index >= 15 is 0 Å². The van der Waals surface area contributed by atoms with Gasteiger partial charge in [-0.05, 0) is 43.7 Å². The Morgan fingerprint density at radius 2 is 1.35 bits per heavy atom. The monoisotopic (exact) mass is 483 g/mol. The number of amides is 1. The van der Waals surface area contributed by atoms with E-state index in [0.29, 0.717) is 5.56 Å². The van der Waals surface area contributed by atoms with E-state index in [1.54, 1.807) is 38.1 Å². The number of halogens is 1. The summed E-state index contributed by atoms with van der Waals surface area (Å²) < 4.78 is 11.3. The number of esters is 2. The number of hydrogen-bond acceptors (Lipinski definition) is 5. The lowest BCUT2D eigenvalue weighted by Gasteiger charge is -2.29. The summed E-state index contributed by atoms with van der Waals surface area (Å²) in [6.45, 7) is 3.73. The topological polar surface area (TPSA) is 72.9 Å². The van der Waals surface area contributed by atoms with Crippen LogP contribution in [0.15, 0.2) is 82.6 Å². The molecule has 1 heterocycles. The van der Waals surface area contributed by atoms with E-state index in [1.807, 2.05) is 30.3 Å². The molecule has 7 heteroatoms. The maximum atomic E-state index is 13.1. The number of benzene rings is 2. The van der Waals surface area contributed by atoms with Gasteiger partial charge >= 0.3 is 11.9 Å². The fourth-order valence-corrected chi connectivity index (χ4v) is 3.55. The van der Waals surface area contributed by atoms with Gasteiger partial charge in [0.25, 0.3) is 5.91 Å². The van der Waals surface area contributed by atoms with Crippen LogP contribution in [0.25, 0.3) is 0 Å². The Bertz CT molecular complexity index is 992. The molecule has 1 aliphatic rings. The summed E-state index contributed by atoms with van der Waals surface area (Å²) in [5.41, 5.74) is 1.49. The van der Waals surface area contributed by atoms with Gasteiger partial charge in [-0.1, -0.05) is 46.3 Å². The number of carbonyl (C=O) groups excluding carboxylic acids is 3. The van der Waals surface area contributed by atoms with E-state index in [2.05, 4.69) is 15.9 Å². The van der Waals surface area contributed by atoms with E-state index in [4.69, 9.17) is 9.47 Å². The highest BCUT2D eigenvalue weighted by Gasteiger charge is 2.36. The van der Waals surface area contributed by atoms with Gasteiger partial charge in [0.05, 0.1) is 30.3 Å². The fourth-order valence-electron chi connectivity index (χ4n) is 3.29. The van der Waals surface area contributed by atoms with Crippen molar-refractivity contribution in [1.82, 2.24) is 4.90 Å². The minimum Gasteiger partial charge on any atom is -0.463 e. The lowest BCUT2D eigenvalue weighted by atomic mass is 9.83. The molecule has 31 heavy (non-hydrogen) atoms. The normalized spacial score (nSPS) is 13.8. The van der Waals surface area contributed by atoms with E-state index in [-0.39, 0.29) is 30.3 Å². The highest BCUT2D eigenvalue weighted by molar-refractivity contribution is 9.10. The average Bonchev–Trinajstić information content (AvgIpc) is 2.79. The molecule has 160 valence electrons. The second-order valence-electron chi connectivity index (χ2n) is 6.67. The first-order chi connectivity index (χ1) is 15.0. The molecule has 6 nitrogen and oxygen atoms in total. The van der Waals surface area contributed by atoms with Gasteiger partial charge in [-0.2, -0.15) is 0 Å². The number of rotatable bonds is 6. The molecule has 2 aromatic rings. The molecular formula is C24H22BrNO5. The van der Waals surface area contributed by atoms with Crippen LogP contribution in [0.2, 0.25) is 0 Å². The molecule has 1 amide bonds. The quantitative estimate of drug-likeness (QED) is 0.562. The molecule has 0 aromatic heterocycles. The Hall–Kier alpha value is -3.19. The first kappa shape index (κ1) is 22.5. The smallest absolute Gasteiger partial charge is 0.336 e. The van der Waals surface area contributed by atoms with Gasteiger partial charge in [0.2, 0.25) is 0 Å². The zero-order chi connectivity index (χ0) is 22.4. The van der Waals surface area contributed by atoms with Crippen molar-refractivity contribution in [3.8, 4) is 0 Å². The van der Waals surface area contributed by atoms with E-state index < -0.39 is 17.9 Å². The van der Waals surface area contributed by atoms with Crippen molar-refractivity contribution in [1.29, 1.82) is 0 Å². The van der Waals surface area contributed by atoms with Crippen molar-refractivity contribution in [2.45, 2.75) is 19.8 Å². The molecule has 0 radical (unpaired) electrons. The number of nitrogens with zero attached hydrogens (tertiary/aromatic N) is 1. The molecule has 0 atom stereocenters. The van der Waals surface area contributed by atoms with Gasteiger partial charge in [0, 0.05) is 22.4 Å². The minimum absolute atomic E-state index is 0.163. The first-order valence-corrected chi connectivity index (χ1v) is 10.7. The minimum atomic E-state index is -0.715. The third kappa shape index (κ3) is 5.11. The summed E-state index contributed by atoms with van der Waals surface area (Å²) in [6, 6.07) is 15.9. The van der Waals surface area contributed by atoms with E-state index in [1.165, 1.54) is 17.3 Å². The third-order valence-corrected chi connectivity index (χ3v) is 5.19. The highest BCUT2D eigenvalue weighted by Crippen LogP contribution is 2.37. The molecule has 0 bridgehead atoms. The maximum absolute atomic E-state index is 13.1. The van der Waals surface area contributed by atoms with Gasteiger partial charge in [-0.15, -0.1) is 0 Å². The van der Waals surface area contributed by atoms with Crippen LogP contribution in [0.3, 0.4) is 0 Å². The van der Waals surface area contributed by atoms with Gasteiger partial charge < -0.3 is 9.47 Å². The molecule has 2 aromatic carbocycles. The van der Waals surface area contributed by atoms with Crippen LogP contribution in [-0.4, -0.2) is 36.0 Å². The summed E-state index contributed by atoms with van der Waals surface area (Å²) in [6.07, 6.45) is 2.87. The van der Waals surface area contributed by atoms with Crippen LogP contribution in [0.1, 0.15) is 35.7 Å². The Morgan fingerprint density at radius 3 is 1.84 bits per heavy atom. The van der Waals surface area contributed by atoms with Crippen LogP contribution in [0.4, 0.5) is 0 Å². The van der Waals surface area contributed by atoms with Crippen molar-refractivity contribution in [3.63, 3.8) is 0 Å². The van der Waals surface area contributed by atoms with Crippen molar-refractivity contribution in [2.24, 2.45) is 0 Å². The molecule has 3 rings (SSSR count). The van der Waals surface area contributed by atoms with Crippen molar-refractivity contribution < 1.29 is 23.9 Å². The molecule has 0 N–H and O–H groups in total. The zero-order valence-corrected chi connectivity index (χ0v) is 18.8. The van der Waals surface area contributed by atoms with Crippen LogP contribution in [0, 0.1) is 0 Å². The van der Waals surface area contributed by atoms with Crippen LogP contribution in [0.5, 0.6) is 0 Å². The molecule has 0 fully saturated rings. The van der Waals surface area contributed by atoms with Crippen molar-refractivity contribution in [3.05, 3.63) is 93.7 Å². The van der Waals surface area contributed by atoms with Gasteiger partial charge in [0.15, 0.2) is 0 Å². The molecule has 0 unspecified atom stereocenters. The molecule has 0 saturated carbocycles. The lowest BCUT2D eigenvalue weighted by molar-refractivity contribution is -0.139. The second-order valence-corrected chi connectivity index (χ2v) is 7.59. The SMILES string of the molecule is CCOC(=O)C1=CN(C(=O)c2ccc(Br)cc2)C=C(C(=O)OCC)C1c1ccccc1. The summed E-state index contributed by atoms with van der Waals surface area (Å²) >= 11 is 3.34. The average molecular weight is 484 g/mol. The Morgan fingerprint density at radius 1 is 0.839 bits per heavy atom. The third-order valence-electron chi connectivity index (χ3n) is 4.66. The summed E-state index contributed by atoms with van der Waals surface area (Å²) in [5.74, 6) is -2.30. The van der Waals surface area contributed by atoms with Gasteiger partial charge in [-0.3, -0.25) is 9.69 Å². The molecule has 0 saturated heterocycles. The predicted molar refractivity (Wildman–Crippen MR) is 119 cm³/mol. The molecular weight excluding hydrogens is 462 g/mol. The first-order valence-electron chi connectivity index (χ1n) is 9.87. The molecule has 0 spiro atoms. The number of ether oxygens (including phenoxy) is 2. The highest BCUT2D eigenvalue weighted by atomic mass is 79.9. The molecule has 1 aliphatic heterocycles. The van der Waals surface area contributed by atoms with Crippen molar-refractivity contribution in [2.75, 3.05) is 13.2 Å². The largest absolute Gasteiger partial charge is 0.463 e. The Labute approximate surface area is 189 Å².